The van der Waals surface area contributed by atoms with Crippen LogP contribution < -0.4 is 0 Å². The summed E-state index contributed by atoms with van der Waals surface area (Å²) >= 11 is 0. The first-order valence-corrected chi connectivity index (χ1v) is 4.01. The number of carbonyl (C=O) groups excluding carboxylic acids is 1. The fraction of sp³-hybridized carbons (Fsp3) is 0.500. The molecule has 0 aliphatic carbocycles. The molecule has 0 aromatic heterocycles. The number of esters is 1. The minimum absolute atomic E-state index is 0.225. The molecule has 0 spiro atoms. The molecule has 2 nitrogen and oxygen atoms in total. The Kier molecular flexibility index (Phi) is 5.09. The molecule has 0 bridgehead atoms. The monoisotopic (exact) mass is 168 g/mol. The van der Waals surface area contributed by atoms with Crippen LogP contribution in [0.4, 0.5) is 0 Å². The van der Waals surface area contributed by atoms with Crippen molar-refractivity contribution < 1.29 is 9.53 Å². The van der Waals surface area contributed by atoms with Crippen molar-refractivity contribution in [3.8, 4) is 0 Å². The van der Waals surface area contributed by atoms with Gasteiger partial charge in [0.05, 0.1) is 6.61 Å². The third-order valence-electron chi connectivity index (χ3n) is 1.61. The van der Waals surface area contributed by atoms with Gasteiger partial charge in [0.2, 0.25) is 0 Å². The summed E-state index contributed by atoms with van der Waals surface area (Å²) in [5.74, 6) is -0.225. The predicted octanol–water partition coefficient (Wildman–Crippen LogP) is 2.46. The van der Waals surface area contributed by atoms with E-state index in [9.17, 15) is 4.79 Å². The van der Waals surface area contributed by atoms with Crippen LogP contribution in [-0.4, -0.2) is 12.6 Å². The number of rotatable bonds is 4. The van der Waals surface area contributed by atoms with E-state index in [1.54, 1.807) is 13.0 Å². The van der Waals surface area contributed by atoms with Crippen molar-refractivity contribution in [1.29, 1.82) is 0 Å². The van der Waals surface area contributed by atoms with E-state index in [2.05, 4.69) is 6.58 Å². The molecule has 0 atom stereocenters. The van der Waals surface area contributed by atoms with E-state index in [0.717, 1.165) is 5.57 Å². The lowest BCUT2D eigenvalue weighted by Crippen LogP contribution is -2.07. The summed E-state index contributed by atoms with van der Waals surface area (Å²) in [4.78, 5) is 11.1. The summed E-state index contributed by atoms with van der Waals surface area (Å²) < 4.78 is 4.94. The highest BCUT2D eigenvalue weighted by Gasteiger charge is 2.05. The summed E-state index contributed by atoms with van der Waals surface area (Å²) in [6.45, 7) is 9.51. The van der Waals surface area contributed by atoms with Crippen molar-refractivity contribution in [1.82, 2.24) is 0 Å². The van der Waals surface area contributed by atoms with Crippen molar-refractivity contribution in [3.05, 3.63) is 23.8 Å². The highest BCUT2D eigenvalue weighted by Crippen LogP contribution is 2.04. The van der Waals surface area contributed by atoms with Crippen molar-refractivity contribution in [2.45, 2.75) is 27.2 Å². The second-order valence-corrected chi connectivity index (χ2v) is 2.84. The Morgan fingerprint density at radius 3 is 2.42 bits per heavy atom. The van der Waals surface area contributed by atoms with Gasteiger partial charge in [0.1, 0.15) is 0 Å². The highest BCUT2D eigenvalue weighted by molar-refractivity contribution is 5.88. The number of carbonyl (C=O) groups is 1. The van der Waals surface area contributed by atoms with Gasteiger partial charge in [-0.15, -0.1) is 6.58 Å². The van der Waals surface area contributed by atoms with Gasteiger partial charge in [0, 0.05) is 5.57 Å². The van der Waals surface area contributed by atoms with E-state index < -0.39 is 0 Å². The Morgan fingerprint density at radius 2 is 2.00 bits per heavy atom. The Morgan fingerprint density at radius 1 is 1.42 bits per heavy atom. The molecule has 0 amide bonds. The third-order valence-corrected chi connectivity index (χ3v) is 1.61. The normalized spacial score (nSPS) is 8.92. The minimum Gasteiger partial charge on any atom is -0.462 e. The SMILES string of the molecule is C=CCCOC(=O)C(C)=C(C)C. The highest BCUT2D eigenvalue weighted by atomic mass is 16.5. The lowest BCUT2D eigenvalue weighted by molar-refractivity contribution is -0.138. The number of ether oxygens (including phenoxy) is 1. The molecule has 12 heavy (non-hydrogen) atoms. The van der Waals surface area contributed by atoms with Crippen molar-refractivity contribution >= 4 is 5.97 Å². The van der Waals surface area contributed by atoms with Gasteiger partial charge in [-0.05, 0) is 27.2 Å². The number of hydrogen-bond acceptors (Lipinski definition) is 2. The zero-order valence-corrected chi connectivity index (χ0v) is 8.02. The summed E-state index contributed by atoms with van der Waals surface area (Å²) in [5.41, 5.74) is 1.69. The van der Waals surface area contributed by atoms with E-state index in [1.165, 1.54) is 0 Å². The molecule has 0 aromatic carbocycles. The molecular weight excluding hydrogens is 152 g/mol. The second kappa shape index (κ2) is 5.58. The third kappa shape index (κ3) is 3.96. The lowest BCUT2D eigenvalue weighted by Gasteiger charge is -2.03. The van der Waals surface area contributed by atoms with Gasteiger partial charge in [0.15, 0.2) is 0 Å². The van der Waals surface area contributed by atoms with Gasteiger partial charge in [-0.2, -0.15) is 0 Å². The van der Waals surface area contributed by atoms with Crippen molar-refractivity contribution in [3.63, 3.8) is 0 Å². The van der Waals surface area contributed by atoms with E-state index in [0.29, 0.717) is 18.6 Å². The van der Waals surface area contributed by atoms with Crippen LogP contribution in [0.25, 0.3) is 0 Å². The number of allylic oxidation sites excluding steroid dienone is 1. The van der Waals surface area contributed by atoms with Gasteiger partial charge >= 0.3 is 5.97 Å². The zero-order valence-electron chi connectivity index (χ0n) is 8.02. The Bertz CT molecular complexity index is 198. The van der Waals surface area contributed by atoms with Crippen LogP contribution in [0.5, 0.6) is 0 Å². The average molecular weight is 168 g/mol. The molecular formula is C10H16O2. The van der Waals surface area contributed by atoms with Crippen LogP contribution in [0, 0.1) is 0 Å². The van der Waals surface area contributed by atoms with Gasteiger partial charge in [-0.1, -0.05) is 11.6 Å². The molecule has 0 N–H and O–H groups in total. The molecule has 0 unspecified atom stereocenters. The van der Waals surface area contributed by atoms with Crippen LogP contribution in [0.3, 0.4) is 0 Å². The van der Waals surface area contributed by atoms with Crippen molar-refractivity contribution in [2.24, 2.45) is 0 Å². The van der Waals surface area contributed by atoms with E-state index in [1.807, 2.05) is 13.8 Å². The second-order valence-electron chi connectivity index (χ2n) is 2.84. The Balaban J connectivity index is 3.89. The molecule has 68 valence electrons. The van der Waals surface area contributed by atoms with Crippen LogP contribution in [0.2, 0.25) is 0 Å². The van der Waals surface area contributed by atoms with Gasteiger partial charge in [-0.3, -0.25) is 0 Å². The Labute approximate surface area is 73.9 Å². The molecule has 0 heterocycles. The minimum atomic E-state index is -0.225. The molecule has 0 aliphatic rings. The predicted molar refractivity (Wildman–Crippen MR) is 49.8 cm³/mol. The quantitative estimate of drug-likeness (QED) is 0.279. The largest absolute Gasteiger partial charge is 0.462 e. The van der Waals surface area contributed by atoms with Gasteiger partial charge in [0.25, 0.3) is 0 Å². The first kappa shape index (κ1) is 11.0. The van der Waals surface area contributed by atoms with Crippen LogP contribution in [0.1, 0.15) is 27.2 Å². The van der Waals surface area contributed by atoms with Crippen LogP contribution in [-0.2, 0) is 9.53 Å². The van der Waals surface area contributed by atoms with Gasteiger partial charge < -0.3 is 4.74 Å². The van der Waals surface area contributed by atoms with Crippen molar-refractivity contribution in [2.75, 3.05) is 6.61 Å². The summed E-state index contributed by atoms with van der Waals surface area (Å²) in [6, 6.07) is 0. The summed E-state index contributed by atoms with van der Waals surface area (Å²) in [6.07, 6.45) is 2.44. The maximum Gasteiger partial charge on any atom is 0.333 e. The molecule has 0 fully saturated rings. The standard InChI is InChI=1S/C10H16O2/c1-5-6-7-12-10(11)9(4)8(2)3/h5H,1,6-7H2,2-4H3. The van der Waals surface area contributed by atoms with E-state index >= 15 is 0 Å². The fourth-order valence-corrected chi connectivity index (χ4v) is 0.547. The molecule has 0 saturated heterocycles. The molecule has 0 rings (SSSR count). The zero-order chi connectivity index (χ0) is 9.56. The fourth-order valence-electron chi connectivity index (χ4n) is 0.547. The average Bonchev–Trinajstić information content (AvgIpc) is 2.03. The smallest absolute Gasteiger partial charge is 0.333 e. The number of hydrogen-bond donors (Lipinski definition) is 0. The van der Waals surface area contributed by atoms with E-state index in [-0.39, 0.29) is 5.97 Å². The Hall–Kier alpha value is -1.05. The maximum absolute atomic E-state index is 11.1. The van der Waals surface area contributed by atoms with Crippen LogP contribution in [0.15, 0.2) is 23.8 Å². The maximum atomic E-state index is 11.1. The summed E-state index contributed by atoms with van der Waals surface area (Å²) in [7, 11) is 0. The summed E-state index contributed by atoms with van der Waals surface area (Å²) in [5, 5.41) is 0. The van der Waals surface area contributed by atoms with Gasteiger partial charge in [-0.25, -0.2) is 4.79 Å². The van der Waals surface area contributed by atoms with Crippen LogP contribution >= 0.6 is 0 Å². The molecule has 0 aromatic rings. The first-order valence-electron chi connectivity index (χ1n) is 4.01. The lowest BCUT2D eigenvalue weighted by atomic mass is 10.2. The molecule has 0 aliphatic heterocycles. The van der Waals surface area contributed by atoms with E-state index in [4.69, 9.17) is 4.74 Å². The molecule has 2 heteroatoms. The molecule has 0 saturated carbocycles. The topological polar surface area (TPSA) is 26.3 Å². The first-order chi connectivity index (χ1) is 5.59. The molecule has 0 radical (unpaired) electrons.